The molecule has 1 N–H and O–H groups in total. The number of benzene rings is 2. The number of anilines is 1. The van der Waals surface area contributed by atoms with Gasteiger partial charge in [0.15, 0.2) is 0 Å². The topological polar surface area (TPSA) is 55.2 Å². The third-order valence-electron chi connectivity index (χ3n) is 3.22. The van der Waals surface area contributed by atoms with Crippen LogP contribution in [0, 0.1) is 29.8 Å². The summed E-state index contributed by atoms with van der Waals surface area (Å²) in [5.74, 6) is -0.299. The lowest BCUT2D eigenvalue weighted by Gasteiger charge is -2.12. The molecule has 0 saturated heterocycles. The van der Waals surface area contributed by atoms with Gasteiger partial charge >= 0.3 is 0 Å². The SMILES string of the molecule is Cc1cc([N+](=O)[O-])c(C)cc1NCc1cc(F)ccc1Br. The zero-order valence-corrected chi connectivity index (χ0v) is 13.2. The minimum Gasteiger partial charge on any atom is -0.381 e. The lowest BCUT2D eigenvalue weighted by atomic mass is 10.1. The first-order chi connectivity index (χ1) is 9.88. The zero-order chi connectivity index (χ0) is 15.6. The lowest BCUT2D eigenvalue weighted by Crippen LogP contribution is -2.04. The van der Waals surface area contributed by atoms with E-state index in [4.69, 9.17) is 0 Å². The summed E-state index contributed by atoms with van der Waals surface area (Å²) < 4.78 is 14.0. The Bertz CT molecular complexity index is 704. The Balaban J connectivity index is 2.22. The monoisotopic (exact) mass is 352 g/mol. The van der Waals surface area contributed by atoms with Gasteiger partial charge in [0.2, 0.25) is 0 Å². The molecule has 0 saturated carbocycles. The minimum atomic E-state index is -0.394. The van der Waals surface area contributed by atoms with Gasteiger partial charge in [0.25, 0.3) is 5.69 Å². The largest absolute Gasteiger partial charge is 0.381 e. The van der Waals surface area contributed by atoms with E-state index >= 15 is 0 Å². The van der Waals surface area contributed by atoms with E-state index in [-0.39, 0.29) is 11.5 Å². The molecule has 0 heterocycles. The maximum absolute atomic E-state index is 13.2. The third-order valence-corrected chi connectivity index (χ3v) is 3.99. The number of hydrogen-bond acceptors (Lipinski definition) is 3. The normalized spacial score (nSPS) is 10.5. The lowest BCUT2D eigenvalue weighted by molar-refractivity contribution is -0.385. The maximum Gasteiger partial charge on any atom is 0.272 e. The van der Waals surface area contributed by atoms with Crippen molar-refractivity contribution in [2.75, 3.05) is 5.32 Å². The molecule has 0 fully saturated rings. The summed E-state index contributed by atoms with van der Waals surface area (Å²) in [5, 5.41) is 14.1. The van der Waals surface area contributed by atoms with E-state index in [0.717, 1.165) is 21.3 Å². The molecular formula is C15H14BrFN2O2. The molecule has 2 aromatic rings. The number of hydrogen-bond donors (Lipinski definition) is 1. The van der Waals surface area contributed by atoms with Gasteiger partial charge in [-0.05, 0) is 49.2 Å². The molecule has 0 spiro atoms. The quantitative estimate of drug-likeness (QED) is 0.639. The summed E-state index contributed by atoms with van der Waals surface area (Å²) >= 11 is 3.37. The molecule has 0 aliphatic heterocycles. The zero-order valence-electron chi connectivity index (χ0n) is 11.6. The van der Waals surface area contributed by atoms with Gasteiger partial charge < -0.3 is 5.32 Å². The van der Waals surface area contributed by atoms with Gasteiger partial charge in [0, 0.05) is 28.3 Å². The number of nitro groups is 1. The molecule has 0 aliphatic rings. The number of aryl methyl sites for hydroxylation is 2. The Labute approximate surface area is 130 Å². The molecule has 6 heteroatoms. The second-order valence-electron chi connectivity index (χ2n) is 4.80. The predicted molar refractivity (Wildman–Crippen MR) is 84.0 cm³/mol. The molecule has 4 nitrogen and oxygen atoms in total. The number of halogens is 2. The summed E-state index contributed by atoms with van der Waals surface area (Å²) in [6.45, 7) is 3.92. The number of rotatable bonds is 4. The summed E-state index contributed by atoms with van der Waals surface area (Å²) in [4.78, 5) is 10.5. The fraction of sp³-hybridized carbons (Fsp3) is 0.200. The highest BCUT2D eigenvalue weighted by Crippen LogP contribution is 2.27. The van der Waals surface area contributed by atoms with Crippen LogP contribution >= 0.6 is 15.9 Å². The van der Waals surface area contributed by atoms with Crippen LogP contribution in [0.3, 0.4) is 0 Å². The van der Waals surface area contributed by atoms with Crippen LogP contribution in [0.2, 0.25) is 0 Å². The van der Waals surface area contributed by atoms with Crippen LogP contribution in [0.1, 0.15) is 16.7 Å². The Kier molecular flexibility index (Phi) is 4.57. The second kappa shape index (κ2) is 6.22. The van der Waals surface area contributed by atoms with E-state index in [1.54, 1.807) is 26.0 Å². The fourth-order valence-electron chi connectivity index (χ4n) is 2.06. The summed E-state index contributed by atoms with van der Waals surface area (Å²) in [7, 11) is 0. The molecule has 2 rings (SSSR count). The number of nitrogens with one attached hydrogen (secondary N) is 1. The average molecular weight is 353 g/mol. The van der Waals surface area contributed by atoms with E-state index in [1.807, 2.05) is 0 Å². The maximum atomic E-state index is 13.2. The third kappa shape index (κ3) is 3.58. The predicted octanol–water partition coefficient (Wildman–Crippen LogP) is 4.73. The van der Waals surface area contributed by atoms with Crippen LogP contribution in [0.5, 0.6) is 0 Å². The molecular weight excluding hydrogens is 339 g/mol. The molecule has 0 aromatic heterocycles. The van der Waals surface area contributed by atoms with Crippen LogP contribution in [-0.2, 0) is 6.54 Å². The number of nitro benzene ring substituents is 1. The number of nitrogens with zero attached hydrogens (tertiary/aromatic N) is 1. The summed E-state index contributed by atoms with van der Waals surface area (Å²) in [6.07, 6.45) is 0. The highest BCUT2D eigenvalue weighted by atomic mass is 79.9. The van der Waals surface area contributed by atoms with Gasteiger partial charge in [-0.25, -0.2) is 4.39 Å². The van der Waals surface area contributed by atoms with Crippen molar-refractivity contribution in [2.45, 2.75) is 20.4 Å². The summed E-state index contributed by atoms with van der Waals surface area (Å²) in [6, 6.07) is 7.76. The smallest absolute Gasteiger partial charge is 0.272 e. The van der Waals surface area contributed by atoms with Crippen molar-refractivity contribution < 1.29 is 9.31 Å². The van der Waals surface area contributed by atoms with Crippen LogP contribution < -0.4 is 5.32 Å². The molecule has 0 bridgehead atoms. The minimum absolute atomic E-state index is 0.102. The Morgan fingerprint density at radius 2 is 1.95 bits per heavy atom. The molecule has 0 radical (unpaired) electrons. The van der Waals surface area contributed by atoms with Crippen molar-refractivity contribution in [2.24, 2.45) is 0 Å². The van der Waals surface area contributed by atoms with Crippen molar-refractivity contribution >= 4 is 27.3 Å². The van der Waals surface area contributed by atoms with E-state index in [1.165, 1.54) is 18.2 Å². The van der Waals surface area contributed by atoms with Crippen LogP contribution in [0.4, 0.5) is 15.8 Å². The highest BCUT2D eigenvalue weighted by molar-refractivity contribution is 9.10. The first-order valence-electron chi connectivity index (χ1n) is 6.32. The van der Waals surface area contributed by atoms with E-state index in [9.17, 15) is 14.5 Å². The standard InChI is InChI=1S/C15H14BrFN2O2/c1-9-6-15(19(20)21)10(2)5-14(9)18-8-11-7-12(17)3-4-13(11)16/h3-7,18H,8H2,1-2H3. The van der Waals surface area contributed by atoms with Crippen molar-refractivity contribution in [1.82, 2.24) is 0 Å². The van der Waals surface area contributed by atoms with Crippen molar-refractivity contribution in [3.63, 3.8) is 0 Å². The molecule has 110 valence electrons. The van der Waals surface area contributed by atoms with Gasteiger partial charge in [-0.2, -0.15) is 0 Å². The average Bonchev–Trinajstić information content (AvgIpc) is 2.42. The Morgan fingerprint density at radius 1 is 1.24 bits per heavy atom. The van der Waals surface area contributed by atoms with Crippen LogP contribution in [0.25, 0.3) is 0 Å². The summed E-state index contributed by atoms with van der Waals surface area (Å²) in [5.41, 5.74) is 3.05. The van der Waals surface area contributed by atoms with Gasteiger partial charge in [-0.3, -0.25) is 10.1 Å². The van der Waals surface area contributed by atoms with Gasteiger partial charge in [-0.1, -0.05) is 15.9 Å². The Hall–Kier alpha value is -1.95. The van der Waals surface area contributed by atoms with Crippen LogP contribution in [0.15, 0.2) is 34.8 Å². The molecule has 0 atom stereocenters. The van der Waals surface area contributed by atoms with Crippen molar-refractivity contribution in [1.29, 1.82) is 0 Å². The molecule has 0 amide bonds. The van der Waals surface area contributed by atoms with Crippen molar-refractivity contribution in [3.8, 4) is 0 Å². The van der Waals surface area contributed by atoms with Crippen LogP contribution in [-0.4, -0.2) is 4.92 Å². The van der Waals surface area contributed by atoms with E-state index in [2.05, 4.69) is 21.2 Å². The molecule has 2 aromatic carbocycles. The molecule has 0 aliphatic carbocycles. The second-order valence-corrected chi connectivity index (χ2v) is 5.65. The van der Waals surface area contributed by atoms with Gasteiger partial charge in [0.1, 0.15) is 5.82 Å². The molecule has 0 unspecified atom stereocenters. The first kappa shape index (κ1) is 15.4. The Morgan fingerprint density at radius 3 is 2.62 bits per heavy atom. The van der Waals surface area contributed by atoms with Crippen molar-refractivity contribution in [3.05, 3.63) is 67.4 Å². The van der Waals surface area contributed by atoms with Gasteiger partial charge in [0.05, 0.1) is 4.92 Å². The van der Waals surface area contributed by atoms with E-state index < -0.39 is 4.92 Å². The highest BCUT2D eigenvalue weighted by Gasteiger charge is 2.13. The van der Waals surface area contributed by atoms with E-state index in [0.29, 0.717) is 12.1 Å². The molecule has 21 heavy (non-hydrogen) atoms. The fourth-order valence-corrected chi connectivity index (χ4v) is 2.44. The first-order valence-corrected chi connectivity index (χ1v) is 7.11. The van der Waals surface area contributed by atoms with Gasteiger partial charge in [-0.15, -0.1) is 0 Å².